The molecule has 1 aliphatic rings. The monoisotopic (exact) mass is 280 g/mol. The standard InChI is InChI=1S/C15H21FN2S/c1-2-11-5-7-18(8-6-11)10-12-3-4-13(16)9-14(12)15(17)19/h3-4,9,11H,2,5-8,10H2,1H3,(H2,17,19). The summed E-state index contributed by atoms with van der Waals surface area (Å²) in [5, 5.41) is 0. The molecule has 1 aromatic rings. The Morgan fingerprint density at radius 3 is 2.68 bits per heavy atom. The molecule has 1 saturated heterocycles. The van der Waals surface area contributed by atoms with Gasteiger partial charge in [-0.2, -0.15) is 0 Å². The number of hydrogen-bond donors (Lipinski definition) is 1. The fraction of sp³-hybridized carbons (Fsp3) is 0.533. The predicted molar refractivity (Wildman–Crippen MR) is 80.6 cm³/mol. The van der Waals surface area contributed by atoms with Gasteiger partial charge >= 0.3 is 0 Å². The van der Waals surface area contributed by atoms with E-state index in [2.05, 4.69) is 11.8 Å². The van der Waals surface area contributed by atoms with E-state index in [4.69, 9.17) is 18.0 Å². The van der Waals surface area contributed by atoms with E-state index in [1.165, 1.54) is 31.4 Å². The number of piperidine rings is 1. The first-order valence-electron chi connectivity index (χ1n) is 6.90. The van der Waals surface area contributed by atoms with Crippen molar-refractivity contribution < 1.29 is 4.39 Å². The minimum absolute atomic E-state index is 0.276. The highest BCUT2D eigenvalue weighted by atomic mass is 32.1. The van der Waals surface area contributed by atoms with E-state index >= 15 is 0 Å². The molecule has 4 heteroatoms. The lowest BCUT2D eigenvalue weighted by molar-refractivity contribution is 0.175. The van der Waals surface area contributed by atoms with Gasteiger partial charge in [-0.3, -0.25) is 4.90 Å². The van der Waals surface area contributed by atoms with Crippen molar-refractivity contribution in [2.24, 2.45) is 11.7 Å². The first-order chi connectivity index (χ1) is 9.10. The Labute approximate surface area is 119 Å². The molecule has 1 heterocycles. The van der Waals surface area contributed by atoms with Crippen molar-refractivity contribution in [3.63, 3.8) is 0 Å². The lowest BCUT2D eigenvalue weighted by atomic mass is 9.94. The largest absolute Gasteiger partial charge is 0.389 e. The van der Waals surface area contributed by atoms with Crippen LogP contribution in [0.4, 0.5) is 4.39 Å². The van der Waals surface area contributed by atoms with Crippen LogP contribution in [0.15, 0.2) is 18.2 Å². The minimum Gasteiger partial charge on any atom is -0.389 e. The van der Waals surface area contributed by atoms with Crippen molar-refractivity contribution >= 4 is 17.2 Å². The fourth-order valence-corrected chi connectivity index (χ4v) is 2.90. The van der Waals surface area contributed by atoms with Crippen LogP contribution < -0.4 is 5.73 Å². The van der Waals surface area contributed by atoms with Crippen molar-refractivity contribution in [3.8, 4) is 0 Å². The number of thiocarbonyl (C=S) groups is 1. The third-order valence-corrected chi connectivity index (χ3v) is 4.24. The topological polar surface area (TPSA) is 29.3 Å². The summed E-state index contributed by atoms with van der Waals surface area (Å²) in [6, 6.07) is 4.72. The van der Waals surface area contributed by atoms with Gasteiger partial charge in [0.1, 0.15) is 10.8 Å². The maximum atomic E-state index is 13.3. The molecule has 1 aromatic carbocycles. The van der Waals surface area contributed by atoms with E-state index in [0.717, 1.165) is 31.1 Å². The van der Waals surface area contributed by atoms with Gasteiger partial charge in [0.05, 0.1) is 0 Å². The van der Waals surface area contributed by atoms with Crippen LogP contribution in [0.5, 0.6) is 0 Å². The van der Waals surface area contributed by atoms with Crippen LogP contribution in [-0.4, -0.2) is 23.0 Å². The molecular formula is C15H21FN2S. The quantitative estimate of drug-likeness (QED) is 0.859. The van der Waals surface area contributed by atoms with E-state index in [1.807, 2.05) is 0 Å². The molecule has 0 radical (unpaired) electrons. The molecule has 1 fully saturated rings. The Kier molecular flexibility index (Phi) is 4.88. The lowest BCUT2D eigenvalue weighted by Crippen LogP contribution is -2.33. The zero-order valence-corrected chi connectivity index (χ0v) is 12.2. The number of nitrogens with zero attached hydrogens (tertiary/aromatic N) is 1. The maximum Gasteiger partial charge on any atom is 0.123 e. The minimum atomic E-state index is -0.281. The van der Waals surface area contributed by atoms with Crippen LogP contribution in [0.1, 0.15) is 37.3 Å². The van der Waals surface area contributed by atoms with Gasteiger partial charge in [0.15, 0.2) is 0 Å². The van der Waals surface area contributed by atoms with Gasteiger partial charge in [0, 0.05) is 12.1 Å². The average molecular weight is 280 g/mol. The van der Waals surface area contributed by atoms with Crippen LogP contribution in [0.25, 0.3) is 0 Å². The number of halogens is 1. The summed E-state index contributed by atoms with van der Waals surface area (Å²) in [5.74, 6) is 0.579. The summed E-state index contributed by atoms with van der Waals surface area (Å²) in [4.78, 5) is 2.68. The Morgan fingerprint density at radius 2 is 2.11 bits per heavy atom. The maximum absolute atomic E-state index is 13.3. The number of likely N-dealkylation sites (tertiary alicyclic amines) is 1. The van der Waals surface area contributed by atoms with Crippen LogP contribution in [-0.2, 0) is 6.54 Å². The van der Waals surface area contributed by atoms with Crippen molar-refractivity contribution in [1.29, 1.82) is 0 Å². The van der Waals surface area contributed by atoms with Gasteiger partial charge in [-0.15, -0.1) is 0 Å². The Morgan fingerprint density at radius 1 is 1.42 bits per heavy atom. The molecule has 0 aromatic heterocycles. The van der Waals surface area contributed by atoms with E-state index in [0.29, 0.717) is 5.56 Å². The van der Waals surface area contributed by atoms with Crippen molar-refractivity contribution in [2.75, 3.05) is 13.1 Å². The molecule has 2 rings (SSSR count). The molecule has 2 N–H and O–H groups in total. The Hall–Kier alpha value is -1.00. The summed E-state index contributed by atoms with van der Waals surface area (Å²) in [6.45, 7) is 5.27. The van der Waals surface area contributed by atoms with E-state index in [-0.39, 0.29) is 10.8 Å². The van der Waals surface area contributed by atoms with Crippen LogP contribution in [0.3, 0.4) is 0 Å². The number of hydrogen-bond acceptors (Lipinski definition) is 2. The molecule has 0 atom stereocenters. The molecule has 0 aliphatic carbocycles. The second-order valence-corrected chi connectivity index (χ2v) is 5.73. The SMILES string of the molecule is CCC1CCN(Cc2ccc(F)cc2C(N)=S)CC1. The molecular weight excluding hydrogens is 259 g/mol. The second kappa shape index (κ2) is 6.44. The summed E-state index contributed by atoms with van der Waals surface area (Å²) in [6.07, 6.45) is 3.77. The zero-order chi connectivity index (χ0) is 13.8. The van der Waals surface area contributed by atoms with Crippen LogP contribution in [0.2, 0.25) is 0 Å². The number of benzene rings is 1. The summed E-state index contributed by atoms with van der Waals surface area (Å²) < 4.78 is 13.3. The fourth-order valence-electron chi connectivity index (χ4n) is 2.71. The van der Waals surface area contributed by atoms with Gasteiger partial charge in [-0.25, -0.2) is 4.39 Å². The summed E-state index contributed by atoms with van der Waals surface area (Å²) in [5.41, 5.74) is 7.38. The highest BCUT2D eigenvalue weighted by Crippen LogP contribution is 2.22. The van der Waals surface area contributed by atoms with Crippen molar-refractivity contribution in [1.82, 2.24) is 4.90 Å². The van der Waals surface area contributed by atoms with Gasteiger partial charge in [-0.1, -0.05) is 31.6 Å². The molecule has 0 unspecified atom stereocenters. The third kappa shape index (κ3) is 3.74. The first kappa shape index (κ1) is 14.4. The molecule has 0 bridgehead atoms. The van der Waals surface area contributed by atoms with Crippen LogP contribution in [0, 0.1) is 11.7 Å². The molecule has 0 saturated carbocycles. The molecule has 0 amide bonds. The van der Waals surface area contributed by atoms with E-state index in [1.54, 1.807) is 6.07 Å². The second-order valence-electron chi connectivity index (χ2n) is 5.29. The third-order valence-electron chi connectivity index (χ3n) is 4.02. The molecule has 2 nitrogen and oxygen atoms in total. The highest BCUT2D eigenvalue weighted by molar-refractivity contribution is 7.80. The molecule has 19 heavy (non-hydrogen) atoms. The van der Waals surface area contributed by atoms with Crippen LogP contribution >= 0.6 is 12.2 Å². The highest BCUT2D eigenvalue weighted by Gasteiger charge is 2.19. The average Bonchev–Trinajstić information content (AvgIpc) is 2.41. The Bertz CT molecular complexity index is 453. The van der Waals surface area contributed by atoms with Gasteiger partial charge in [0.25, 0.3) is 0 Å². The van der Waals surface area contributed by atoms with Crippen molar-refractivity contribution in [2.45, 2.75) is 32.7 Å². The lowest BCUT2D eigenvalue weighted by Gasteiger charge is -2.31. The number of rotatable bonds is 4. The smallest absolute Gasteiger partial charge is 0.123 e. The van der Waals surface area contributed by atoms with Gasteiger partial charge in [-0.05, 0) is 49.5 Å². The normalized spacial score (nSPS) is 17.6. The summed E-state index contributed by atoms with van der Waals surface area (Å²) in [7, 11) is 0. The van der Waals surface area contributed by atoms with Gasteiger partial charge in [0.2, 0.25) is 0 Å². The molecule has 0 spiro atoms. The van der Waals surface area contributed by atoms with E-state index < -0.39 is 0 Å². The predicted octanol–water partition coefficient (Wildman–Crippen LogP) is 3.08. The molecule has 1 aliphatic heterocycles. The number of nitrogens with two attached hydrogens (primary N) is 1. The van der Waals surface area contributed by atoms with Gasteiger partial charge < -0.3 is 5.73 Å². The van der Waals surface area contributed by atoms with E-state index in [9.17, 15) is 4.39 Å². The van der Waals surface area contributed by atoms with Crippen molar-refractivity contribution in [3.05, 3.63) is 35.1 Å². The Balaban J connectivity index is 2.05. The molecule has 104 valence electrons. The summed E-state index contributed by atoms with van der Waals surface area (Å²) >= 11 is 5.01. The zero-order valence-electron chi connectivity index (χ0n) is 11.4. The first-order valence-corrected chi connectivity index (χ1v) is 7.31.